The third kappa shape index (κ3) is 7.07. The number of rotatable bonds is 11. The number of anilines is 1. The van der Waals surface area contributed by atoms with Gasteiger partial charge in [-0.25, -0.2) is 4.98 Å². The number of likely N-dealkylation sites (N-methyl/N-ethyl adjacent to an activating group) is 1. The predicted molar refractivity (Wildman–Crippen MR) is 109 cm³/mol. The molecular formula is C21H31N3O3. The van der Waals surface area contributed by atoms with Crippen LogP contribution in [0.4, 0.5) is 5.82 Å². The molecule has 1 N–H and O–H groups in total. The first kappa shape index (κ1) is 21.0. The van der Waals surface area contributed by atoms with Crippen molar-refractivity contribution in [1.82, 2.24) is 9.88 Å². The second-order valence-electron chi connectivity index (χ2n) is 6.79. The average molecular weight is 373 g/mol. The van der Waals surface area contributed by atoms with E-state index in [0.717, 1.165) is 42.6 Å². The molecule has 0 aliphatic heterocycles. The summed E-state index contributed by atoms with van der Waals surface area (Å²) in [6.45, 7) is 7.14. The minimum atomic E-state index is 0.108. The summed E-state index contributed by atoms with van der Waals surface area (Å²) in [6, 6.07) is 10.1. The van der Waals surface area contributed by atoms with Gasteiger partial charge in [0, 0.05) is 32.9 Å². The summed E-state index contributed by atoms with van der Waals surface area (Å²) >= 11 is 0. The molecule has 2 aromatic rings. The number of hydrogen-bond donors (Lipinski definition) is 1. The zero-order valence-electron chi connectivity index (χ0n) is 17.0. The van der Waals surface area contributed by atoms with E-state index in [-0.39, 0.29) is 6.10 Å². The van der Waals surface area contributed by atoms with Crippen molar-refractivity contribution >= 4 is 5.82 Å². The smallest absolute Gasteiger partial charge is 0.161 e. The minimum Gasteiger partial charge on any atom is -0.493 e. The van der Waals surface area contributed by atoms with Crippen LogP contribution in [0.3, 0.4) is 0 Å². The van der Waals surface area contributed by atoms with Crippen LogP contribution in [0.2, 0.25) is 0 Å². The Morgan fingerprint density at radius 3 is 2.59 bits per heavy atom. The molecule has 1 aromatic heterocycles. The summed E-state index contributed by atoms with van der Waals surface area (Å²) in [4.78, 5) is 6.64. The van der Waals surface area contributed by atoms with Crippen LogP contribution in [0.5, 0.6) is 11.5 Å². The predicted octanol–water partition coefficient (Wildman–Crippen LogP) is 3.57. The van der Waals surface area contributed by atoms with Gasteiger partial charge in [-0.1, -0.05) is 6.07 Å². The van der Waals surface area contributed by atoms with Gasteiger partial charge in [-0.2, -0.15) is 0 Å². The van der Waals surface area contributed by atoms with E-state index in [1.54, 1.807) is 14.2 Å². The van der Waals surface area contributed by atoms with Gasteiger partial charge in [-0.05, 0) is 56.3 Å². The molecule has 0 bridgehead atoms. The van der Waals surface area contributed by atoms with E-state index in [1.807, 2.05) is 44.3 Å². The van der Waals surface area contributed by atoms with Crippen molar-refractivity contribution < 1.29 is 14.2 Å². The molecule has 6 nitrogen and oxygen atoms in total. The Balaban J connectivity index is 1.97. The summed E-state index contributed by atoms with van der Waals surface area (Å²) in [7, 11) is 5.46. The minimum absolute atomic E-state index is 0.108. The topological polar surface area (TPSA) is 55.9 Å². The lowest BCUT2D eigenvalue weighted by Crippen LogP contribution is -2.22. The van der Waals surface area contributed by atoms with Crippen LogP contribution < -0.4 is 14.8 Å². The fraction of sp³-hybridized carbons (Fsp3) is 0.476. The molecule has 0 fully saturated rings. The first-order valence-corrected chi connectivity index (χ1v) is 9.21. The van der Waals surface area contributed by atoms with Gasteiger partial charge in [0.05, 0.1) is 19.8 Å². The number of hydrogen-bond acceptors (Lipinski definition) is 6. The summed E-state index contributed by atoms with van der Waals surface area (Å²) < 4.78 is 16.3. The number of ether oxygens (including phenoxy) is 3. The first-order chi connectivity index (χ1) is 13.0. The van der Waals surface area contributed by atoms with Crippen molar-refractivity contribution in [1.29, 1.82) is 0 Å². The van der Waals surface area contributed by atoms with Crippen molar-refractivity contribution in [2.45, 2.75) is 33.0 Å². The Hall–Kier alpha value is -2.31. The van der Waals surface area contributed by atoms with E-state index >= 15 is 0 Å². The molecule has 0 saturated carbocycles. The normalized spacial score (nSPS) is 11.1. The molecule has 148 valence electrons. The van der Waals surface area contributed by atoms with Gasteiger partial charge in [0.2, 0.25) is 0 Å². The van der Waals surface area contributed by atoms with Crippen LogP contribution in [0.25, 0.3) is 0 Å². The lowest BCUT2D eigenvalue weighted by molar-refractivity contribution is 0.158. The zero-order chi connectivity index (χ0) is 19.6. The van der Waals surface area contributed by atoms with Crippen molar-refractivity contribution in [2.24, 2.45) is 0 Å². The summed E-state index contributed by atoms with van der Waals surface area (Å²) in [5.74, 6) is 2.36. The van der Waals surface area contributed by atoms with E-state index < -0.39 is 0 Å². The quantitative estimate of drug-likeness (QED) is 0.650. The maximum atomic E-state index is 5.76. The van der Waals surface area contributed by atoms with Crippen LogP contribution in [0.1, 0.15) is 25.0 Å². The maximum Gasteiger partial charge on any atom is 0.161 e. The lowest BCUT2D eigenvalue weighted by atomic mass is 10.2. The van der Waals surface area contributed by atoms with Gasteiger partial charge < -0.3 is 19.5 Å². The van der Waals surface area contributed by atoms with Crippen molar-refractivity contribution in [3.63, 3.8) is 0 Å². The van der Waals surface area contributed by atoms with Gasteiger partial charge in [0.15, 0.2) is 11.5 Å². The largest absolute Gasteiger partial charge is 0.493 e. The monoisotopic (exact) mass is 373 g/mol. The SMILES string of the molecule is COCCN(C)Cc1ccnc(NCc2ccc(OC(C)C)c(OC)c2)c1. The number of methoxy groups -OCH3 is 2. The van der Waals surface area contributed by atoms with E-state index in [2.05, 4.69) is 28.3 Å². The van der Waals surface area contributed by atoms with Gasteiger partial charge >= 0.3 is 0 Å². The van der Waals surface area contributed by atoms with E-state index in [9.17, 15) is 0 Å². The highest BCUT2D eigenvalue weighted by Crippen LogP contribution is 2.29. The highest BCUT2D eigenvalue weighted by atomic mass is 16.5. The third-order valence-electron chi connectivity index (χ3n) is 4.02. The second kappa shape index (κ2) is 10.7. The van der Waals surface area contributed by atoms with Crippen molar-refractivity contribution in [3.8, 4) is 11.5 Å². The highest BCUT2D eigenvalue weighted by Gasteiger charge is 2.08. The zero-order valence-corrected chi connectivity index (χ0v) is 17.0. The summed E-state index contributed by atoms with van der Waals surface area (Å²) in [6.07, 6.45) is 1.94. The molecule has 27 heavy (non-hydrogen) atoms. The highest BCUT2D eigenvalue weighted by molar-refractivity contribution is 5.45. The summed E-state index contributed by atoms with van der Waals surface area (Å²) in [5.41, 5.74) is 2.32. The Labute approximate surface area is 162 Å². The fourth-order valence-electron chi connectivity index (χ4n) is 2.67. The van der Waals surface area contributed by atoms with Crippen LogP contribution in [0, 0.1) is 0 Å². The number of nitrogens with zero attached hydrogens (tertiary/aromatic N) is 2. The van der Waals surface area contributed by atoms with Crippen molar-refractivity contribution in [2.75, 3.05) is 39.7 Å². The molecule has 0 aliphatic carbocycles. The van der Waals surface area contributed by atoms with Crippen LogP contribution in [0.15, 0.2) is 36.5 Å². The lowest BCUT2D eigenvalue weighted by Gasteiger charge is -2.17. The van der Waals surface area contributed by atoms with E-state index in [4.69, 9.17) is 14.2 Å². The Morgan fingerprint density at radius 2 is 1.89 bits per heavy atom. The van der Waals surface area contributed by atoms with Gasteiger partial charge in [-0.15, -0.1) is 0 Å². The number of nitrogens with one attached hydrogen (secondary N) is 1. The van der Waals surface area contributed by atoms with Crippen LogP contribution in [-0.2, 0) is 17.8 Å². The van der Waals surface area contributed by atoms with Crippen LogP contribution in [-0.4, -0.2) is 50.4 Å². The molecule has 1 heterocycles. The van der Waals surface area contributed by atoms with E-state index in [0.29, 0.717) is 6.54 Å². The Kier molecular flexibility index (Phi) is 8.36. The summed E-state index contributed by atoms with van der Waals surface area (Å²) in [5, 5.41) is 3.38. The molecule has 2 rings (SSSR count). The van der Waals surface area contributed by atoms with Crippen molar-refractivity contribution in [3.05, 3.63) is 47.7 Å². The molecule has 0 amide bonds. The number of benzene rings is 1. The van der Waals surface area contributed by atoms with Crippen LogP contribution >= 0.6 is 0 Å². The molecule has 0 aliphatic rings. The molecule has 1 aromatic carbocycles. The molecule has 0 radical (unpaired) electrons. The third-order valence-corrected chi connectivity index (χ3v) is 4.02. The standard InChI is InChI=1S/C21H31N3O3/c1-16(2)27-19-7-6-17(12-20(19)26-5)14-23-21-13-18(8-9-22-21)15-24(3)10-11-25-4/h6-9,12-13,16H,10-11,14-15H2,1-5H3,(H,22,23). The Morgan fingerprint density at radius 1 is 1.07 bits per heavy atom. The van der Waals surface area contributed by atoms with E-state index in [1.165, 1.54) is 5.56 Å². The fourth-order valence-corrected chi connectivity index (χ4v) is 2.67. The molecule has 0 atom stereocenters. The first-order valence-electron chi connectivity index (χ1n) is 9.21. The molecular weight excluding hydrogens is 342 g/mol. The van der Waals surface area contributed by atoms with Gasteiger partial charge in [-0.3, -0.25) is 4.90 Å². The number of pyridine rings is 1. The molecule has 6 heteroatoms. The Bertz CT molecular complexity index is 707. The molecule has 0 spiro atoms. The maximum absolute atomic E-state index is 5.76. The molecule has 0 unspecified atom stereocenters. The average Bonchev–Trinajstić information content (AvgIpc) is 2.65. The van der Waals surface area contributed by atoms with Gasteiger partial charge in [0.25, 0.3) is 0 Å². The second-order valence-corrected chi connectivity index (χ2v) is 6.79. The van der Waals surface area contributed by atoms with Gasteiger partial charge in [0.1, 0.15) is 5.82 Å². The number of aromatic nitrogens is 1. The molecule has 0 saturated heterocycles.